The fourth-order valence-corrected chi connectivity index (χ4v) is 1.69. The summed E-state index contributed by atoms with van der Waals surface area (Å²) in [7, 11) is 0. The molecule has 0 amide bonds. The monoisotopic (exact) mass is 279 g/mol. The Morgan fingerprint density at radius 1 is 1.40 bits per heavy atom. The Labute approximate surface area is 121 Å². The maximum Gasteiger partial charge on any atom is 0.191 e. The SMILES string of the molecule is CCNC(=NCC(C)Oc1cccc(C)c1)NCCO. The third-order valence-corrected chi connectivity index (χ3v) is 2.58. The number of aliphatic imine (C=N–C) groups is 1. The fourth-order valence-electron chi connectivity index (χ4n) is 1.69. The molecule has 20 heavy (non-hydrogen) atoms. The van der Waals surface area contributed by atoms with Crippen molar-refractivity contribution in [3.05, 3.63) is 29.8 Å². The Kier molecular flexibility index (Phi) is 7.50. The van der Waals surface area contributed by atoms with Crippen LogP contribution in [0.1, 0.15) is 19.4 Å². The van der Waals surface area contributed by atoms with Gasteiger partial charge in [0.15, 0.2) is 5.96 Å². The van der Waals surface area contributed by atoms with Crippen molar-refractivity contribution in [1.82, 2.24) is 10.6 Å². The van der Waals surface area contributed by atoms with Crippen LogP contribution in [0.15, 0.2) is 29.3 Å². The third kappa shape index (κ3) is 6.43. The molecule has 1 atom stereocenters. The van der Waals surface area contributed by atoms with Crippen LogP contribution in [0.4, 0.5) is 0 Å². The van der Waals surface area contributed by atoms with Gasteiger partial charge >= 0.3 is 0 Å². The van der Waals surface area contributed by atoms with Crippen molar-refractivity contribution >= 4 is 5.96 Å². The molecule has 0 spiro atoms. The topological polar surface area (TPSA) is 65.9 Å². The lowest BCUT2D eigenvalue weighted by Gasteiger charge is -2.15. The number of aliphatic hydroxyl groups excluding tert-OH is 1. The summed E-state index contributed by atoms with van der Waals surface area (Å²) < 4.78 is 5.82. The van der Waals surface area contributed by atoms with Gasteiger partial charge in [0.2, 0.25) is 0 Å². The molecule has 0 aliphatic carbocycles. The van der Waals surface area contributed by atoms with Crippen molar-refractivity contribution in [1.29, 1.82) is 0 Å². The van der Waals surface area contributed by atoms with Crippen LogP contribution in [0.3, 0.4) is 0 Å². The minimum atomic E-state index is -0.0126. The zero-order valence-corrected chi connectivity index (χ0v) is 12.5. The van der Waals surface area contributed by atoms with E-state index in [0.29, 0.717) is 19.0 Å². The number of nitrogens with one attached hydrogen (secondary N) is 2. The second-order valence-corrected chi connectivity index (χ2v) is 4.61. The first-order valence-corrected chi connectivity index (χ1v) is 7.02. The van der Waals surface area contributed by atoms with Crippen molar-refractivity contribution in [2.75, 3.05) is 26.2 Å². The molecule has 0 saturated carbocycles. The van der Waals surface area contributed by atoms with Crippen molar-refractivity contribution < 1.29 is 9.84 Å². The second kappa shape index (κ2) is 9.20. The standard InChI is InChI=1S/C15H25N3O2/c1-4-16-15(17-8-9-19)18-11-13(3)20-14-7-5-6-12(2)10-14/h5-7,10,13,19H,4,8-9,11H2,1-3H3,(H2,16,17,18). The first-order chi connectivity index (χ1) is 9.65. The zero-order valence-electron chi connectivity index (χ0n) is 12.5. The van der Waals surface area contributed by atoms with Gasteiger partial charge < -0.3 is 20.5 Å². The first kappa shape index (κ1) is 16.3. The van der Waals surface area contributed by atoms with E-state index in [9.17, 15) is 0 Å². The maximum atomic E-state index is 8.81. The van der Waals surface area contributed by atoms with Crippen LogP contribution >= 0.6 is 0 Å². The summed E-state index contributed by atoms with van der Waals surface area (Å²) in [6, 6.07) is 7.98. The minimum Gasteiger partial charge on any atom is -0.489 e. The van der Waals surface area contributed by atoms with Crippen LogP contribution in [0.2, 0.25) is 0 Å². The lowest BCUT2D eigenvalue weighted by Crippen LogP contribution is -2.39. The van der Waals surface area contributed by atoms with E-state index in [1.807, 2.05) is 45.0 Å². The van der Waals surface area contributed by atoms with Crippen molar-refractivity contribution in [3.63, 3.8) is 0 Å². The number of hydrogen-bond acceptors (Lipinski definition) is 3. The Balaban J connectivity index is 2.48. The van der Waals surface area contributed by atoms with Gasteiger partial charge in [-0.15, -0.1) is 0 Å². The molecule has 1 aromatic rings. The van der Waals surface area contributed by atoms with E-state index in [0.717, 1.165) is 12.3 Å². The molecule has 5 nitrogen and oxygen atoms in total. The fraction of sp³-hybridized carbons (Fsp3) is 0.533. The second-order valence-electron chi connectivity index (χ2n) is 4.61. The highest BCUT2D eigenvalue weighted by Gasteiger charge is 2.04. The molecule has 5 heteroatoms. The first-order valence-electron chi connectivity index (χ1n) is 7.02. The molecule has 1 aromatic carbocycles. The Hall–Kier alpha value is -1.75. The van der Waals surface area contributed by atoms with Gasteiger partial charge in [0.1, 0.15) is 11.9 Å². The Morgan fingerprint density at radius 3 is 2.85 bits per heavy atom. The van der Waals surface area contributed by atoms with Crippen LogP contribution in [0.5, 0.6) is 5.75 Å². The normalized spacial score (nSPS) is 12.9. The van der Waals surface area contributed by atoms with Crippen molar-refractivity contribution in [2.45, 2.75) is 26.9 Å². The van der Waals surface area contributed by atoms with Crippen LogP contribution in [0.25, 0.3) is 0 Å². The molecule has 0 aliphatic heterocycles. The molecule has 3 N–H and O–H groups in total. The quantitative estimate of drug-likeness (QED) is 0.520. The largest absolute Gasteiger partial charge is 0.489 e. The lowest BCUT2D eigenvalue weighted by molar-refractivity contribution is 0.230. The number of ether oxygens (including phenoxy) is 1. The van der Waals surface area contributed by atoms with Crippen LogP contribution in [0, 0.1) is 6.92 Å². The summed E-state index contributed by atoms with van der Waals surface area (Å²) in [4.78, 5) is 4.43. The number of aliphatic hydroxyl groups is 1. The van der Waals surface area contributed by atoms with E-state index in [2.05, 4.69) is 15.6 Å². The molecule has 0 aromatic heterocycles. The number of benzene rings is 1. The average molecular weight is 279 g/mol. The molecule has 112 valence electrons. The summed E-state index contributed by atoms with van der Waals surface area (Å²) in [6.45, 7) is 7.93. The summed E-state index contributed by atoms with van der Waals surface area (Å²) in [5.41, 5.74) is 1.18. The number of rotatable bonds is 7. The van der Waals surface area contributed by atoms with Gasteiger partial charge in [0, 0.05) is 13.1 Å². The molecule has 0 aliphatic rings. The molecular formula is C15H25N3O2. The van der Waals surface area contributed by atoms with E-state index < -0.39 is 0 Å². The highest BCUT2D eigenvalue weighted by Crippen LogP contribution is 2.14. The predicted molar refractivity (Wildman–Crippen MR) is 82.3 cm³/mol. The van der Waals surface area contributed by atoms with Crippen LogP contribution in [-0.4, -0.2) is 43.4 Å². The van der Waals surface area contributed by atoms with E-state index in [-0.39, 0.29) is 12.7 Å². The number of aryl methyl sites for hydroxylation is 1. The van der Waals surface area contributed by atoms with Gasteiger partial charge in [-0.2, -0.15) is 0 Å². The Morgan fingerprint density at radius 2 is 2.20 bits per heavy atom. The van der Waals surface area contributed by atoms with Gasteiger partial charge in [-0.25, -0.2) is 4.99 Å². The van der Waals surface area contributed by atoms with Crippen molar-refractivity contribution in [3.8, 4) is 5.75 Å². The van der Waals surface area contributed by atoms with Crippen LogP contribution in [-0.2, 0) is 0 Å². The molecule has 0 heterocycles. The molecular weight excluding hydrogens is 254 g/mol. The Bertz CT molecular complexity index is 421. The van der Waals surface area contributed by atoms with Crippen LogP contribution < -0.4 is 15.4 Å². The molecule has 1 rings (SSSR count). The van der Waals surface area contributed by atoms with Gasteiger partial charge in [0.25, 0.3) is 0 Å². The van der Waals surface area contributed by atoms with Gasteiger partial charge in [-0.3, -0.25) is 0 Å². The molecule has 0 saturated heterocycles. The summed E-state index contributed by atoms with van der Waals surface area (Å²) in [5.74, 6) is 1.56. The van der Waals surface area contributed by atoms with E-state index >= 15 is 0 Å². The average Bonchev–Trinajstić information content (AvgIpc) is 2.42. The number of hydrogen-bond donors (Lipinski definition) is 3. The number of nitrogens with zero attached hydrogens (tertiary/aromatic N) is 1. The predicted octanol–water partition coefficient (Wildman–Crippen LogP) is 1.31. The van der Waals surface area contributed by atoms with E-state index in [4.69, 9.17) is 9.84 Å². The van der Waals surface area contributed by atoms with Crippen molar-refractivity contribution in [2.24, 2.45) is 4.99 Å². The lowest BCUT2D eigenvalue weighted by atomic mass is 10.2. The van der Waals surface area contributed by atoms with Gasteiger partial charge in [0.05, 0.1) is 13.2 Å². The molecule has 0 radical (unpaired) electrons. The smallest absolute Gasteiger partial charge is 0.191 e. The highest BCUT2D eigenvalue weighted by molar-refractivity contribution is 5.79. The summed E-state index contributed by atoms with van der Waals surface area (Å²) >= 11 is 0. The van der Waals surface area contributed by atoms with E-state index in [1.165, 1.54) is 5.56 Å². The third-order valence-electron chi connectivity index (χ3n) is 2.58. The molecule has 0 fully saturated rings. The summed E-state index contributed by atoms with van der Waals surface area (Å²) in [6.07, 6.45) is -0.0126. The highest BCUT2D eigenvalue weighted by atomic mass is 16.5. The summed E-state index contributed by atoms with van der Waals surface area (Å²) in [5, 5.41) is 15.0. The van der Waals surface area contributed by atoms with Gasteiger partial charge in [-0.05, 0) is 38.5 Å². The van der Waals surface area contributed by atoms with Gasteiger partial charge in [-0.1, -0.05) is 12.1 Å². The maximum absolute atomic E-state index is 8.81. The zero-order chi connectivity index (χ0) is 14.8. The molecule has 0 bridgehead atoms. The number of guanidine groups is 1. The molecule has 1 unspecified atom stereocenters. The van der Waals surface area contributed by atoms with E-state index in [1.54, 1.807) is 0 Å². The minimum absolute atomic E-state index is 0.0126.